The quantitative estimate of drug-likeness (QED) is 0.907. The maximum Gasteiger partial charge on any atom is 0.255 e. The van der Waals surface area contributed by atoms with Crippen LogP contribution >= 0.6 is 0 Å². The second kappa shape index (κ2) is 7.78. The molecule has 1 aliphatic heterocycles. The number of piperidine rings is 1. The van der Waals surface area contributed by atoms with Gasteiger partial charge in [0.1, 0.15) is 0 Å². The minimum absolute atomic E-state index is 0.0720. The van der Waals surface area contributed by atoms with E-state index in [4.69, 9.17) is 0 Å². The molecule has 0 radical (unpaired) electrons. The summed E-state index contributed by atoms with van der Waals surface area (Å²) in [7, 11) is 0. The number of aromatic nitrogens is 3. The van der Waals surface area contributed by atoms with Gasteiger partial charge in [-0.25, -0.2) is 9.67 Å². The summed E-state index contributed by atoms with van der Waals surface area (Å²) in [4.78, 5) is 19.4. The van der Waals surface area contributed by atoms with Gasteiger partial charge in [0.25, 0.3) is 5.91 Å². The fourth-order valence-corrected chi connectivity index (χ4v) is 3.53. The molecule has 1 aliphatic rings. The fraction of sp³-hybridized carbons (Fsp3) is 0.526. The molecule has 2 aromatic rings. The summed E-state index contributed by atoms with van der Waals surface area (Å²) in [6.45, 7) is 9.40. The second-order valence-corrected chi connectivity index (χ2v) is 7.12. The molecule has 3 heterocycles. The van der Waals surface area contributed by atoms with Crippen LogP contribution in [0.5, 0.6) is 0 Å². The van der Waals surface area contributed by atoms with Crippen LogP contribution in [0, 0.1) is 12.8 Å². The summed E-state index contributed by atoms with van der Waals surface area (Å²) in [5, 5.41) is 7.43. The lowest BCUT2D eigenvalue weighted by Crippen LogP contribution is -2.45. The lowest BCUT2D eigenvalue weighted by molar-refractivity contribution is 0.0919. The summed E-state index contributed by atoms with van der Waals surface area (Å²) in [6.07, 6.45) is 5.90. The molecule has 6 nitrogen and oxygen atoms in total. The van der Waals surface area contributed by atoms with E-state index in [9.17, 15) is 4.79 Å². The van der Waals surface area contributed by atoms with Gasteiger partial charge >= 0.3 is 0 Å². The minimum Gasteiger partial charge on any atom is -0.348 e. The molecule has 0 saturated carbocycles. The van der Waals surface area contributed by atoms with Crippen LogP contribution in [-0.2, 0) is 0 Å². The summed E-state index contributed by atoms with van der Waals surface area (Å²) in [6, 6.07) is 5.75. The number of nitrogens with one attached hydrogen (secondary N) is 1. The van der Waals surface area contributed by atoms with E-state index in [0.29, 0.717) is 5.56 Å². The van der Waals surface area contributed by atoms with Crippen molar-refractivity contribution < 1.29 is 4.79 Å². The van der Waals surface area contributed by atoms with Crippen molar-refractivity contribution in [3.8, 4) is 5.82 Å². The Kier molecular flexibility index (Phi) is 5.48. The first kappa shape index (κ1) is 17.6. The Hall–Kier alpha value is -2.21. The molecular formula is C19H27N5O. The van der Waals surface area contributed by atoms with Gasteiger partial charge in [0, 0.05) is 25.3 Å². The SMILES string of the molecule is Cc1c(C(=O)N[C@@H](C)CN2CCC[C@@H](C)C2)cnn1-c1ccccn1. The lowest BCUT2D eigenvalue weighted by atomic mass is 10.00. The van der Waals surface area contributed by atoms with Crippen molar-refractivity contribution in [1.82, 2.24) is 25.0 Å². The van der Waals surface area contributed by atoms with Gasteiger partial charge in [-0.15, -0.1) is 0 Å². The molecule has 0 spiro atoms. The van der Waals surface area contributed by atoms with Crippen molar-refractivity contribution in [1.29, 1.82) is 0 Å². The van der Waals surface area contributed by atoms with Crippen LogP contribution in [0.4, 0.5) is 0 Å². The fourth-order valence-electron chi connectivity index (χ4n) is 3.53. The first-order valence-corrected chi connectivity index (χ1v) is 9.04. The molecule has 0 aromatic carbocycles. The smallest absolute Gasteiger partial charge is 0.255 e. The summed E-state index contributed by atoms with van der Waals surface area (Å²) in [5.74, 6) is 1.39. The Labute approximate surface area is 149 Å². The molecule has 134 valence electrons. The van der Waals surface area contributed by atoms with Crippen LogP contribution in [0.15, 0.2) is 30.6 Å². The zero-order chi connectivity index (χ0) is 17.8. The van der Waals surface area contributed by atoms with Gasteiger partial charge in [-0.3, -0.25) is 4.79 Å². The number of pyridine rings is 1. The van der Waals surface area contributed by atoms with E-state index in [-0.39, 0.29) is 11.9 Å². The highest BCUT2D eigenvalue weighted by Gasteiger charge is 2.21. The van der Waals surface area contributed by atoms with Crippen LogP contribution in [0.3, 0.4) is 0 Å². The summed E-state index contributed by atoms with van der Waals surface area (Å²) in [5.41, 5.74) is 1.40. The first-order valence-electron chi connectivity index (χ1n) is 9.04. The normalized spacial score (nSPS) is 19.6. The Bertz CT molecular complexity index is 712. The zero-order valence-corrected chi connectivity index (χ0v) is 15.3. The predicted octanol–water partition coefficient (Wildman–Crippen LogP) is 2.43. The summed E-state index contributed by atoms with van der Waals surface area (Å²) >= 11 is 0. The third-order valence-corrected chi connectivity index (χ3v) is 4.77. The van der Waals surface area contributed by atoms with E-state index in [1.165, 1.54) is 12.8 Å². The third-order valence-electron chi connectivity index (χ3n) is 4.77. The first-order chi connectivity index (χ1) is 12.0. The van der Waals surface area contributed by atoms with Crippen LogP contribution in [-0.4, -0.2) is 51.2 Å². The number of carbonyl (C=O) groups excluding carboxylic acids is 1. The molecule has 2 aromatic heterocycles. The van der Waals surface area contributed by atoms with Crippen molar-refractivity contribution in [2.45, 2.75) is 39.7 Å². The van der Waals surface area contributed by atoms with E-state index in [1.54, 1.807) is 17.1 Å². The molecule has 1 N–H and O–H groups in total. The maximum absolute atomic E-state index is 12.6. The number of amides is 1. The summed E-state index contributed by atoms with van der Waals surface area (Å²) < 4.78 is 1.70. The molecule has 0 bridgehead atoms. The van der Waals surface area contributed by atoms with Crippen LogP contribution in [0.2, 0.25) is 0 Å². The average molecular weight is 341 g/mol. The van der Waals surface area contributed by atoms with Gasteiger partial charge in [0.05, 0.1) is 17.5 Å². The van der Waals surface area contributed by atoms with Gasteiger partial charge in [-0.05, 0) is 51.3 Å². The van der Waals surface area contributed by atoms with Gasteiger partial charge in [0.15, 0.2) is 5.82 Å². The molecular weight excluding hydrogens is 314 g/mol. The van der Waals surface area contributed by atoms with E-state index in [0.717, 1.165) is 37.1 Å². The Morgan fingerprint density at radius 2 is 2.28 bits per heavy atom. The van der Waals surface area contributed by atoms with E-state index in [2.05, 4.69) is 34.1 Å². The Morgan fingerprint density at radius 1 is 1.44 bits per heavy atom. The predicted molar refractivity (Wildman–Crippen MR) is 97.9 cm³/mol. The van der Waals surface area contributed by atoms with E-state index in [1.807, 2.05) is 25.1 Å². The Balaban J connectivity index is 1.62. The molecule has 6 heteroatoms. The van der Waals surface area contributed by atoms with E-state index < -0.39 is 0 Å². The number of carbonyl (C=O) groups is 1. The van der Waals surface area contributed by atoms with Crippen molar-refractivity contribution in [3.63, 3.8) is 0 Å². The third kappa shape index (κ3) is 4.25. The number of rotatable bonds is 5. The average Bonchev–Trinajstić information content (AvgIpc) is 2.97. The van der Waals surface area contributed by atoms with Crippen LogP contribution in [0.25, 0.3) is 5.82 Å². The molecule has 25 heavy (non-hydrogen) atoms. The molecule has 0 unspecified atom stereocenters. The molecule has 2 atom stereocenters. The van der Waals surface area contributed by atoms with Crippen molar-refractivity contribution in [2.24, 2.45) is 5.92 Å². The molecule has 1 saturated heterocycles. The van der Waals surface area contributed by atoms with Crippen molar-refractivity contribution in [3.05, 3.63) is 41.9 Å². The topological polar surface area (TPSA) is 63.1 Å². The maximum atomic E-state index is 12.6. The van der Waals surface area contributed by atoms with Gasteiger partial charge in [-0.2, -0.15) is 5.10 Å². The van der Waals surface area contributed by atoms with E-state index >= 15 is 0 Å². The number of hydrogen-bond acceptors (Lipinski definition) is 4. The van der Waals surface area contributed by atoms with Crippen LogP contribution in [0.1, 0.15) is 42.7 Å². The standard InChI is InChI=1S/C19H27N5O/c1-14-7-6-10-23(12-14)13-15(2)22-19(25)17-11-21-24(16(17)3)18-8-4-5-9-20-18/h4-5,8-9,11,14-15H,6-7,10,12-13H2,1-3H3,(H,22,25)/t14-,15+/m1/s1. The largest absolute Gasteiger partial charge is 0.348 e. The van der Waals surface area contributed by atoms with Crippen LogP contribution < -0.4 is 5.32 Å². The van der Waals surface area contributed by atoms with Gasteiger partial charge in [-0.1, -0.05) is 13.0 Å². The van der Waals surface area contributed by atoms with Gasteiger partial charge < -0.3 is 10.2 Å². The molecule has 1 fully saturated rings. The highest BCUT2D eigenvalue weighted by atomic mass is 16.1. The number of nitrogens with zero attached hydrogens (tertiary/aromatic N) is 4. The Morgan fingerprint density at radius 3 is 3.00 bits per heavy atom. The minimum atomic E-state index is -0.0720. The highest BCUT2D eigenvalue weighted by molar-refractivity contribution is 5.95. The molecule has 1 amide bonds. The highest BCUT2D eigenvalue weighted by Crippen LogP contribution is 2.16. The number of likely N-dealkylation sites (tertiary alicyclic amines) is 1. The van der Waals surface area contributed by atoms with Crippen molar-refractivity contribution >= 4 is 5.91 Å². The van der Waals surface area contributed by atoms with Gasteiger partial charge in [0.2, 0.25) is 0 Å². The zero-order valence-electron chi connectivity index (χ0n) is 15.3. The lowest BCUT2D eigenvalue weighted by Gasteiger charge is -2.32. The van der Waals surface area contributed by atoms with Crippen molar-refractivity contribution in [2.75, 3.05) is 19.6 Å². The number of hydrogen-bond donors (Lipinski definition) is 1. The molecule has 0 aliphatic carbocycles. The molecule has 3 rings (SSSR count). The monoisotopic (exact) mass is 341 g/mol. The second-order valence-electron chi connectivity index (χ2n) is 7.12.